The van der Waals surface area contributed by atoms with Crippen LogP contribution in [0.5, 0.6) is 5.75 Å². The Morgan fingerprint density at radius 2 is 1.86 bits per heavy atom. The molecule has 1 amide bonds. The van der Waals surface area contributed by atoms with Crippen molar-refractivity contribution in [2.75, 3.05) is 11.9 Å². The molecular weight excluding hydrogens is 382 g/mol. The van der Waals surface area contributed by atoms with Crippen LogP contribution < -0.4 is 10.1 Å². The Kier molecular flexibility index (Phi) is 5.63. The summed E-state index contributed by atoms with van der Waals surface area (Å²) in [6.07, 6.45) is 1.76. The van der Waals surface area contributed by atoms with Gasteiger partial charge in [0.2, 0.25) is 0 Å². The number of benzene rings is 2. The Hall–Kier alpha value is -3.51. The van der Waals surface area contributed by atoms with E-state index in [1.165, 1.54) is 0 Å². The van der Waals surface area contributed by atoms with Gasteiger partial charge >= 0.3 is 0 Å². The predicted octanol–water partition coefficient (Wildman–Crippen LogP) is 5.20. The second-order valence-electron chi connectivity index (χ2n) is 6.42. The maximum atomic E-state index is 12.1. The number of nitrogens with one attached hydrogen (secondary N) is 1. The molecule has 0 bridgehead atoms. The van der Waals surface area contributed by atoms with Gasteiger partial charge in [-0.2, -0.15) is 0 Å². The van der Waals surface area contributed by atoms with Crippen LogP contribution in [-0.2, 0) is 4.79 Å². The van der Waals surface area contributed by atoms with Gasteiger partial charge in [0, 0.05) is 17.4 Å². The lowest BCUT2D eigenvalue weighted by Gasteiger charge is -2.10. The summed E-state index contributed by atoms with van der Waals surface area (Å²) in [5.41, 5.74) is 3.59. The molecule has 0 atom stereocenters. The smallest absolute Gasteiger partial charge is 0.262 e. The summed E-state index contributed by atoms with van der Waals surface area (Å²) in [5.74, 6) is 1.07. The Bertz CT molecular complexity index is 1110. The average molecular weight is 401 g/mol. The quantitative estimate of drug-likeness (QED) is 0.482. The number of nitrogens with zero attached hydrogens (tertiary/aromatic N) is 2. The molecule has 1 N–H and O–H groups in total. The van der Waals surface area contributed by atoms with Gasteiger partial charge in [-0.25, -0.2) is 9.97 Å². The fraction of sp³-hybridized carbons (Fsp3) is 0.0870. The molecule has 0 aliphatic carbocycles. The normalized spacial score (nSPS) is 10.5. The SMILES string of the molecule is Cc1ccccc1NC(=O)COc1ccc(-c2nccc(-c3cccs3)n2)cc1. The molecule has 2 aromatic carbocycles. The highest BCUT2D eigenvalue weighted by Gasteiger charge is 2.08. The van der Waals surface area contributed by atoms with Gasteiger partial charge in [0.05, 0.1) is 10.6 Å². The highest BCUT2D eigenvalue weighted by molar-refractivity contribution is 7.13. The predicted molar refractivity (Wildman–Crippen MR) is 116 cm³/mol. The second kappa shape index (κ2) is 8.67. The van der Waals surface area contributed by atoms with Crippen LogP contribution in [-0.4, -0.2) is 22.5 Å². The first-order valence-electron chi connectivity index (χ1n) is 9.15. The van der Waals surface area contributed by atoms with E-state index in [4.69, 9.17) is 4.74 Å². The van der Waals surface area contributed by atoms with E-state index in [2.05, 4.69) is 15.3 Å². The highest BCUT2D eigenvalue weighted by atomic mass is 32.1. The zero-order valence-corrected chi connectivity index (χ0v) is 16.6. The first-order valence-corrected chi connectivity index (χ1v) is 10.0. The summed E-state index contributed by atoms with van der Waals surface area (Å²) >= 11 is 1.64. The van der Waals surface area contributed by atoms with Gasteiger partial charge in [0.25, 0.3) is 5.91 Å². The summed E-state index contributed by atoms with van der Waals surface area (Å²) in [7, 11) is 0. The van der Waals surface area contributed by atoms with Gasteiger partial charge in [-0.1, -0.05) is 24.3 Å². The standard InChI is InChI=1S/C23H19N3O2S/c1-16-5-2-3-6-19(16)25-22(27)15-28-18-10-8-17(9-11-18)23-24-13-12-20(26-23)21-7-4-14-29-21/h2-14H,15H2,1H3,(H,25,27). The topological polar surface area (TPSA) is 64.1 Å². The summed E-state index contributed by atoms with van der Waals surface area (Å²) in [5, 5.41) is 4.88. The second-order valence-corrected chi connectivity index (χ2v) is 7.37. The molecule has 2 aromatic heterocycles. The van der Waals surface area contributed by atoms with E-state index in [0.717, 1.165) is 27.4 Å². The van der Waals surface area contributed by atoms with Crippen LogP contribution in [0.4, 0.5) is 5.69 Å². The number of ether oxygens (including phenoxy) is 1. The number of rotatable bonds is 6. The molecular formula is C23H19N3O2S. The fourth-order valence-corrected chi connectivity index (χ4v) is 3.50. The Balaban J connectivity index is 1.39. The molecule has 29 heavy (non-hydrogen) atoms. The van der Waals surface area contributed by atoms with E-state index in [1.54, 1.807) is 17.5 Å². The molecule has 0 fully saturated rings. The van der Waals surface area contributed by atoms with Gasteiger partial charge in [0.1, 0.15) is 5.75 Å². The van der Waals surface area contributed by atoms with Gasteiger partial charge in [0.15, 0.2) is 12.4 Å². The number of carbonyl (C=O) groups is 1. The lowest BCUT2D eigenvalue weighted by molar-refractivity contribution is -0.118. The van der Waals surface area contributed by atoms with Crippen molar-refractivity contribution in [3.63, 3.8) is 0 Å². The van der Waals surface area contributed by atoms with E-state index in [1.807, 2.05) is 79.0 Å². The molecule has 144 valence electrons. The van der Waals surface area contributed by atoms with Crippen LogP contribution in [0, 0.1) is 6.92 Å². The van der Waals surface area contributed by atoms with Crippen LogP contribution in [0.1, 0.15) is 5.56 Å². The third kappa shape index (κ3) is 4.67. The molecule has 0 radical (unpaired) electrons. The first kappa shape index (κ1) is 18.8. The fourth-order valence-electron chi connectivity index (χ4n) is 2.81. The summed E-state index contributed by atoms with van der Waals surface area (Å²) in [6.45, 7) is 1.89. The molecule has 4 aromatic rings. The largest absolute Gasteiger partial charge is 0.484 e. The number of aryl methyl sites for hydroxylation is 1. The molecule has 0 saturated heterocycles. The number of carbonyl (C=O) groups excluding carboxylic acids is 1. The van der Waals surface area contributed by atoms with E-state index < -0.39 is 0 Å². The van der Waals surface area contributed by atoms with E-state index in [-0.39, 0.29) is 12.5 Å². The van der Waals surface area contributed by atoms with Crippen molar-refractivity contribution in [3.8, 4) is 27.7 Å². The van der Waals surface area contributed by atoms with Crippen molar-refractivity contribution in [1.82, 2.24) is 9.97 Å². The first-order chi connectivity index (χ1) is 14.2. The summed E-state index contributed by atoms with van der Waals surface area (Å²) < 4.78 is 5.60. The van der Waals surface area contributed by atoms with Crippen molar-refractivity contribution < 1.29 is 9.53 Å². The molecule has 2 heterocycles. The Morgan fingerprint density at radius 3 is 2.62 bits per heavy atom. The number of anilines is 1. The van der Waals surface area contributed by atoms with Gasteiger partial charge in [-0.05, 0) is 60.3 Å². The number of amides is 1. The van der Waals surface area contributed by atoms with Crippen LogP contribution in [0.3, 0.4) is 0 Å². The van der Waals surface area contributed by atoms with Crippen LogP contribution in [0.25, 0.3) is 22.0 Å². The third-order valence-corrected chi connectivity index (χ3v) is 5.22. The van der Waals surface area contributed by atoms with E-state index in [0.29, 0.717) is 11.6 Å². The molecule has 0 aliphatic rings. The number of hydrogen-bond donors (Lipinski definition) is 1. The molecule has 0 saturated carbocycles. The van der Waals surface area contributed by atoms with Crippen LogP contribution in [0.2, 0.25) is 0 Å². The van der Waals surface area contributed by atoms with Gasteiger partial charge in [-0.15, -0.1) is 11.3 Å². The van der Waals surface area contributed by atoms with Crippen molar-refractivity contribution >= 4 is 22.9 Å². The number of para-hydroxylation sites is 1. The zero-order valence-electron chi connectivity index (χ0n) is 15.8. The maximum Gasteiger partial charge on any atom is 0.262 e. The molecule has 4 rings (SSSR count). The highest BCUT2D eigenvalue weighted by Crippen LogP contribution is 2.25. The number of thiophene rings is 1. The monoisotopic (exact) mass is 401 g/mol. The van der Waals surface area contributed by atoms with Gasteiger partial charge in [-0.3, -0.25) is 4.79 Å². The minimum Gasteiger partial charge on any atom is -0.484 e. The van der Waals surface area contributed by atoms with Crippen molar-refractivity contribution in [2.24, 2.45) is 0 Å². The summed E-state index contributed by atoms with van der Waals surface area (Å²) in [4.78, 5) is 22.2. The van der Waals surface area contributed by atoms with E-state index in [9.17, 15) is 4.79 Å². The van der Waals surface area contributed by atoms with Crippen molar-refractivity contribution in [1.29, 1.82) is 0 Å². The van der Waals surface area contributed by atoms with Gasteiger partial charge < -0.3 is 10.1 Å². The molecule has 0 spiro atoms. The maximum absolute atomic E-state index is 12.1. The Labute approximate surface area is 173 Å². The molecule has 6 heteroatoms. The molecule has 0 aliphatic heterocycles. The van der Waals surface area contributed by atoms with Crippen molar-refractivity contribution in [2.45, 2.75) is 6.92 Å². The average Bonchev–Trinajstić information content (AvgIpc) is 3.29. The van der Waals surface area contributed by atoms with E-state index >= 15 is 0 Å². The van der Waals surface area contributed by atoms with Crippen LogP contribution in [0.15, 0.2) is 78.3 Å². The minimum absolute atomic E-state index is 0.0575. The lowest BCUT2D eigenvalue weighted by Crippen LogP contribution is -2.20. The minimum atomic E-state index is -0.199. The Morgan fingerprint density at radius 1 is 1.03 bits per heavy atom. The molecule has 0 unspecified atom stereocenters. The van der Waals surface area contributed by atoms with Crippen LogP contribution >= 0.6 is 11.3 Å². The third-order valence-electron chi connectivity index (χ3n) is 4.33. The zero-order chi connectivity index (χ0) is 20.1. The number of hydrogen-bond acceptors (Lipinski definition) is 5. The molecule has 5 nitrogen and oxygen atoms in total. The lowest BCUT2D eigenvalue weighted by atomic mass is 10.2. The summed E-state index contributed by atoms with van der Waals surface area (Å²) in [6, 6.07) is 21.0. The van der Waals surface area contributed by atoms with Crippen molar-refractivity contribution in [3.05, 3.63) is 83.9 Å². The number of aromatic nitrogens is 2.